The average molecular weight is 476 g/mol. The van der Waals surface area contributed by atoms with Crippen molar-refractivity contribution < 1.29 is 4.79 Å². The van der Waals surface area contributed by atoms with Gasteiger partial charge in [0, 0.05) is 11.9 Å². The Morgan fingerprint density at radius 1 is 1.06 bits per heavy atom. The van der Waals surface area contributed by atoms with Crippen molar-refractivity contribution in [3.8, 4) is 0 Å². The molecule has 0 spiro atoms. The number of carbonyl (C=O) groups is 1. The first kappa shape index (κ1) is 21.9. The van der Waals surface area contributed by atoms with Gasteiger partial charge in [-0.05, 0) is 42.9 Å². The highest BCUT2D eigenvalue weighted by atomic mass is 32.2. The standard InChI is InChI=1S/C26H25N3O2S2/c1-16(23(30)27-22(17-10-5-3-6-11-17)18-12-7-4-8-13-18)32-26-28-24-21(25(31)29(26)2)19-14-9-15-20(19)33-24/h3-8,10-13,16,22H,9,14-15H2,1-2H3,(H,27,30). The second-order valence-corrected chi connectivity index (χ2v) is 10.7. The van der Waals surface area contributed by atoms with Crippen molar-refractivity contribution in [2.24, 2.45) is 7.05 Å². The van der Waals surface area contributed by atoms with Crippen LogP contribution in [-0.4, -0.2) is 20.7 Å². The van der Waals surface area contributed by atoms with Crippen LogP contribution in [0, 0.1) is 0 Å². The molecule has 0 fully saturated rings. The van der Waals surface area contributed by atoms with Gasteiger partial charge in [-0.25, -0.2) is 4.98 Å². The summed E-state index contributed by atoms with van der Waals surface area (Å²) in [5.74, 6) is -0.0965. The Balaban J connectivity index is 1.40. The fourth-order valence-corrected chi connectivity index (χ4v) is 6.52. The molecule has 1 unspecified atom stereocenters. The van der Waals surface area contributed by atoms with Gasteiger partial charge in [-0.3, -0.25) is 14.2 Å². The number of thioether (sulfide) groups is 1. The van der Waals surface area contributed by atoms with Crippen LogP contribution in [0.3, 0.4) is 0 Å². The Labute approximate surface area is 200 Å². The quantitative estimate of drug-likeness (QED) is 0.319. The lowest BCUT2D eigenvalue weighted by atomic mass is 9.98. The predicted octanol–water partition coefficient (Wildman–Crippen LogP) is 4.87. The van der Waals surface area contributed by atoms with Crippen LogP contribution in [-0.2, 0) is 24.7 Å². The normalized spacial score (nSPS) is 13.9. The minimum absolute atomic E-state index is 0.0130. The second kappa shape index (κ2) is 9.15. The predicted molar refractivity (Wildman–Crippen MR) is 135 cm³/mol. The molecule has 2 aromatic heterocycles. The molecule has 0 saturated carbocycles. The van der Waals surface area contributed by atoms with Crippen molar-refractivity contribution in [2.45, 2.75) is 42.6 Å². The number of aromatic nitrogens is 2. The van der Waals surface area contributed by atoms with E-state index in [0.29, 0.717) is 5.16 Å². The lowest BCUT2D eigenvalue weighted by molar-refractivity contribution is -0.120. The second-order valence-electron chi connectivity index (χ2n) is 8.32. The van der Waals surface area contributed by atoms with Crippen LogP contribution in [0.4, 0.5) is 0 Å². The molecular formula is C26H25N3O2S2. The van der Waals surface area contributed by atoms with Gasteiger partial charge in [0.15, 0.2) is 5.16 Å². The zero-order valence-corrected chi connectivity index (χ0v) is 20.2. The number of benzene rings is 2. The number of hydrogen-bond donors (Lipinski definition) is 1. The van der Waals surface area contributed by atoms with E-state index in [1.165, 1.54) is 22.2 Å². The zero-order valence-electron chi connectivity index (χ0n) is 18.6. The molecule has 5 rings (SSSR count). The number of hydrogen-bond acceptors (Lipinski definition) is 5. The Kier molecular flexibility index (Phi) is 6.08. The number of rotatable bonds is 6. The lowest BCUT2D eigenvalue weighted by Crippen LogP contribution is -2.35. The van der Waals surface area contributed by atoms with E-state index in [9.17, 15) is 9.59 Å². The fourth-order valence-electron chi connectivity index (χ4n) is 4.33. The van der Waals surface area contributed by atoms with E-state index in [-0.39, 0.29) is 17.5 Å². The molecule has 1 atom stereocenters. The first-order chi connectivity index (χ1) is 16.0. The van der Waals surface area contributed by atoms with Gasteiger partial charge < -0.3 is 5.32 Å². The van der Waals surface area contributed by atoms with Crippen LogP contribution in [0.2, 0.25) is 0 Å². The smallest absolute Gasteiger partial charge is 0.262 e. The number of aryl methyl sites for hydroxylation is 2. The molecule has 2 aromatic carbocycles. The summed E-state index contributed by atoms with van der Waals surface area (Å²) in [7, 11) is 1.75. The zero-order chi connectivity index (χ0) is 22.9. The number of thiophene rings is 1. The van der Waals surface area contributed by atoms with E-state index in [1.54, 1.807) is 23.0 Å². The number of carbonyl (C=O) groups excluding carboxylic acids is 1. The lowest BCUT2D eigenvalue weighted by Gasteiger charge is -2.22. The minimum atomic E-state index is -0.415. The molecule has 2 heterocycles. The maximum Gasteiger partial charge on any atom is 0.262 e. The van der Waals surface area contributed by atoms with Crippen LogP contribution >= 0.6 is 23.1 Å². The molecule has 1 amide bonds. The summed E-state index contributed by atoms with van der Waals surface area (Å²) in [5, 5.41) is 4.13. The van der Waals surface area contributed by atoms with E-state index < -0.39 is 5.25 Å². The molecule has 5 nitrogen and oxygen atoms in total. The molecule has 0 aliphatic heterocycles. The highest BCUT2D eigenvalue weighted by molar-refractivity contribution is 8.00. The molecule has 1 aliphatic carbocycles. The van der Waals surface area contributed by atoms with Crippen molar-refractivity contribution in [3.05, 3.63) is 92.6 Å². The van der Waals surface area contributed by atoms with Crippen LogP contribution in [0.5, 0.6) is 0 Å². The summed E-state index contributed by atoms with van der Waals surface area (Å²) in [4.78, 5) is 33.2. The van der Waals surface area contributed by atoms with Crippen molar-refractivity contribution in [1.82, 2.24) is 14.9 Å². The van der Waals surface area contributed by atoms with Crippen LogP contribution in [0.25, 0.3) is 10.2 Å². The van der Waals surface area contributed by atoms with Crippen LogP contribution in [0.15, 0.2) is 70.6 Å². The van der Waals surface area contributed by atoms with Crippen molar-refractivity contribution in [2.75, 3.05) is 0 Å². The fraction of sp³-hybridized carbons (Fsp3) is 0.269. The summed E-state index contributed by atoms with van der Waals surface area (Å²) in [6, 6.07) is 19.7. The SMILES string of the molecule is CC(Sc1nc2sc3c(c2c(=O)n1C)CCC3)C(=O)NC(c1ccccc1)c1ccccc1. The summed E-state index contributed by atoms with van der Waals surface area (Å²) in [5.41, 5.74) is 3.21. The average Bonchev–Trinajstić information content (AvgIpc) is 3.42. The van der Waals surface area contributed by atoms with Gasteiger partial charge in [0.2, 0.25) is 5.91 Å². The van der Waals surface area contributed by atoms with Crippen molar-refractivity contribution in [3.63, 3.8) is 0 Å². The molecule has 7 heteroatoms. The van der Waals surface area contributed by atoms with E-state index in [0.717, 1.165) is 40.6 Å². The van der Waals surface area contributed by atoms with Crippen LogP contribution < -0.4 is 10.9 Å². The third-order valence-corrected chi connectivity index (χ3v) is 8.44. The summed E-state index contributed by atoms with van der Waals surface area (Å²) in [6.07, 6.45) is 3.09. The van der Waals surface area contributed by atoms with Gasteiger partial charge in [-0.15, -0.1) is 11.3 Å². The first-order valence-corrected chi connectivity index (χ1v) is 12.8. The number of nitrogens with zero attached hydrogens (tertiary/aromatic N) is 2. The molecule has 168 valence electrons. The summed E-state index contributed by atoms with van der Waals surface area (Å²) < 4.78 is 1.59. The van der Waals surface area contributed by atoms with Crippen molar-refractivity contribution in [1.29, 1.82) is 0 Å². The minimum Gasteiger partial charge on any atom is -0.344 e. The van der Waals surface area contributed by atoms with Gasteiger partial charge in [-0.2, -0.15) is 0 Å². The third-order valence-electron chi connectivity index (χ3n) is 6.11. The van der Waals surface area contributed by atoms with E-state index >= 15 is 0 Å². The van der Waals surface area contributed by atoms with Crippen LogP contribution in [0.1, 0.15) is 41.0 Å². The van der Waals surface area contributed by atoms with E-state index in [1.807, 2.05) is 67.6 Å². The highest BCUT2D eigenvalue weighted by Gasteiger charge is 2.25. The molecule has 1 N–H and O–H groups in total. The van der Waals surface area contributed by atoms with Gasteiger partial charge >= 0.3 is 0 Å². The van der Waals surface area contributed by atoms with Gasteiger partial charge in [0.1, 0.15) is 4.83 Å². The van der Waals surface area contributed by atoms with E-state index in [2.05, 4.69) is 5.32 Å². The summed E-state index contributed by atoms with van der Waals surface area (Å²) in [6.45, 7) is 1.86. The maximum absolute atomic E-state index is 13.2. The van der Waals surface area contributed by atoms with E-state index in [4.69, 9.17) is 4.98 Å². The molecule has 0 saturated heterocycles. The highest BCUT2D eigenvalue weighted by Crippen LogP contribution is 2.36. The number of fused-ring (bicyclic) bond motifs is 3. The Morgan fingerprint density at radius 3 is 2.33 bits per heavy atom. The molecular weight excluding hydrogens is 450 g/mol. The Morgan fingerprint density at radius 2 is 1.70 bits per heavy atom. The molecule has 33 heavy (non-hydrogen) atoms. The molecule has 4 aromatic rings. The van der Waals surface area contributed by atoms with Gasteiger partial charge in [0.25, 0.3) is 5.56 Å². The third kappa shape index (κ3) is 4.23. The topological polar surface area (TPSA) is 64.0 Å². The number of nitrogens with one attached hydrogen (secondary N) is 1. The Hall–Kier alpha value is -2.90. The van der Waals surface area contributed by atoms with Gasteiger partial charge in [0.05, 0.1) is 16.7 Å². The van der Waals surface area contributed by atoms with Gasteiger partial charge in [-0.1, -0.05) is 72.4 Å². The molecule has 0 bridgehead atoms. The molecule has 1 aliphatic rings. The maximum atomic E-state index is 13.2. The largest absolute Gasteiger partial charge is 0.344 e. The first-order valence-electron chi connectivity index (χ1n) is 11.1. The molecule has 0 radical (unpaired) electrons. The number of amides is 1. The Bertz CT molecular complexity index is 1320. The van der Waals surface area contributed by atoms with Crippen molar-refractivity contribution >= 4 is 39.2 Å². The summed E-state index contributed by atoms with van der Waals surface area (Å²) >= 11 is 2.95. The monoisotopic (exact) mass is 475 g/mol.